The van der Waals surface area contributed by atoms with Gasteiger partial charge in [0.25, 0.3) is 5.56 Å². The first-order valence-corrected chi connectivity index (χ1v) is 5.39. The minimum Gasteiger partial charge on any atom is -0.391 e. The third-order valence-corrected chi connectivity index (χ3v) is 2.91. The molecule has 0 aliphatic carbocycles. The molecule has 0 spiro atoms. The first-order valence-electron chi connectivity index (χ1n) is 4.64. The number of anilines is 3. The van der Waals surface area contributed by atoms with Gasteiger partial charge in [0.2, 0.25) is 0 Å². The molecule has 1 aromatic heterocycles. The zero-order valence-electron chi connectivity index (χ0n) is 8.50. The van der Waals surface area contributed by atoms with Crippen LogP contribution in [0.5, 0.6) is 0 Å². The maximum Gasteiger partial charge on any atom is 0.276 e. The smallest absolute Gasteiger partial charge is 0.276 e. The maximum atomic E-state index is 11.3. The molecule has 0 fully saturated rings. The van der Waals surface area contributed by atoms with Gasteiger partial charge in [-0.1, -0.05) is 29.3 Å². The van der Waals surface area contributed by atoms with Gasteiger partial charge in [0.05, 0.1) is 22.1 Å². The van der Waals surface area contributed by atoms with Gasteiger partial charge in [0.1, 0.15) is 5.69 Å². The van der Waals surface area contributed by atoms with Crippen molar-refractivity contribution in [2.45, 2.75) is 0 Å². The highest BCUT2D eigenvalue weighted by Gasteiger charge is 2.08. The van der Waals surface area contributed by atoms with E-state index in [4.69, 9.17) is 28.9 Å². The van der Waals surface area contributed by atoms with Crippen molar-refractivity contribution in [3.8, 4) is 0 Å². The molecule has 88 valence electrons. The van der Waals surface area contributed by atoms with Crippen molar-refractivity contribution < 1.29 is 0 Å². The number of aromatic amines is 1. The molecule has 1 heterocycles. The van der Waals surface area contributed by atoms with Crippen LogP contribution in [-0.4, -0.2) is 9.97 Å². The highest BCUT2D eigenvalue weighted by molar-refractivity contribution is 6.43. The highest BCUT2D eigenvalue weighted by Crippen LogP contribution is 2.31. The van der Waals surface area contributed by atoms with Gasteiger partial charge in [0, 0.05) is 0 Å². The summed E-state index contributed by atoms with van der Waals surface area (Å²) in [7, 11) is 0. The summed E-state index contributed by atoms with van der Waals surface area (Å²) in [5.74, 6) is 0.234. The van der Waals surface area contributed by atoms with Gasteiger partial charge in [-0.2, -0.15) is 0 Å². The lowest BCUT2D eigenvalue weighted by Crippen LogP contribution is -2.14. The zero-order chi connectivity index (χ0) is 12.4. The molecule has 0 amide bonds. The number of nitrogen functional groups attached to an aromatic ring is 1. The molecule has 0 unspecified atom stereocenters. The predicted molar refractivity (Wildman–Crippen MR) is 69.0 cm³/mol. The Hall–Kier alpha value is -1.72. The van der Waals surface area contributed by atoms with E-state index in [1.54, 1.807) is 18.2 Å². The second kappa shape index (κ2) is 4.65. The van der Waals surface area contributed by atoms with E-state index >= 15 is 0 Å². The third-order valence-electron chi connectivity index (χ3n) is 2.09. The number of halogens is 2. The topological polar surface area (TPSA) is 83.8 Å². The summed E-state index contributed by atoms with van der Waals surface area (Å²) in [4.78, 5) is 17.5. The molecular formula is C10H8Cl2N4O. The summed E-state index contributed by atoms with van der Waals surface area (Å²) < 4.78 is 0. The number of nitrogens with zero attached hydrogens (tertiary/aromatic N) is 1. The van der Waals surface area contributed by atoms with Crippen molar-refractivity contribution in [2.24, 2.45) is 0 Å². The zero-order valence-corrected chi connectivity index (χ0v) is 10.0. The molecule has 0 bridgehead atoms. The summed E-state index contributed by atoms with van der Waals surface area (Å²) in [5.41, 5.74) is 5.68. The van der Waals surface area contributed by atoms with Gasteiger partial charge >= 0.3 is 0 Å². The van der Waals surface area contributed by atoms with Crippen LogP contribution in [0.1, 0.15) is 0 Å². The van der Waals surface area contributed by atoms with Crippen LogP contribution in [0, 0.1) is 0 Å². The van der Waals surface area contributed by atoms with Crippen molar-refractivity contribution in [3.05, 3.63) is 44.9 Å². The number of nitrogens with two attached hydrogens (primary N) is 1. The molecule has 5 nitrogen and oxygen atoms in total. The van der Waals surface area contributed by atoms with E-state index in [1.807, 2.05) is 0 Å². The Labute approximate surface area is 107 Å². The number of nitrogens with one attached hydrogen (secondary N) is 2. The van der Waals surface area contributed by atoms with Crippen LogP contribution >= 0.6 is 23.2 Å². The van der Waals surface area contributed by atoms with Crippen molar-refractivity contribution in [1.29, 1.82) is 0 Å². The second-order valence-electron chi connectivity index (χ2n) is 3.22. The van der Waals surface area contributed by atoms with E-state index in [2.05, 4.69) is 15.3 Å². The minimum atomic E-state index is -0.416. The van der Waals surface area contributed by atoms with Gasteiger partial charge < -0.3 is 16.0 Å². The number of benzene rings is 1. The molecular weight excluding hydrogens is 263 g/mol. The molecule has 1 aromatic carbocycles. The van der Waals surface area contributed by atoms with E-state index in [0.29, 0.717) is 15.7 Å². The molecule has 7 heteroatoms. The molecule has 4 N–H and O–H groups in total. The van der Waals surface area contributed by atoms with Crippen LogP contribution in [0.15, 0.2) is 29.3 Å². The van der Waals surface area contributed by atoms with Gasteiger partial charge in [-0.05, 0) is 12.1 Å². The molecule has 0 atom stereocenters. The van der Waals surface area contributed by atoms with E-state index in [1.165, 1.54) is 6.33 Å². The van der Waals surface area contributed by atoms with Crippen LogP contribution in [-0.2, 0) is 0 Å². The number of hydrogen-bond donors (Lipinski definition) is 3. The fourth-order valence-electron chi connectivity index (χ4n) is 1.24. The summed E-state index contributed by atoms with van der Waals surface area (Å²) in [6.45, 7) is 0. The Morgan fingerprint density at radius 2 is 2.12 bits per heavy atom. The standard InChI is InChI=1S/C10H8Cl2N4O/c11-5-2-1-3-6(7(5)12)16-9-8(13)10(17)15-4-14-9/h1-4H,13H2,(H2,14,15,16,17). The number of rotatable bonds is 2. The molecule has 0 aliphatic rings. The molecule has 2 rings (SSSR count). The Bertz CT molecular complexity index is 611. The van der Waals surface area contributed by atoms with E-state index < -0.39 is 5.56 Å². The summed E-state index contributed by atoms with van der Waals surface area (Å²) in [6, 6.07) is 5.08. The number of hydrogen-bond acceptors (Lipinski definition) is 4. The highest BCUT2D eigenvalue weighted by atomic mass is 35.5. The molecule has 0 saturated heterocycles. The normalized spacial score (nSPS) is 10.2. The van der Waals surface area contributed by atoms with Crippen LogP contribution in [0.2, 0.25) is 10.0 Å². The number of aromatic nitrogens is 2. The first kappa shape index (κ1) is 11.8. The van der Waals surface area contributed by atoms with Gasteiger partial charge in [-0.15, -0.1) is 0 Å². The van der Waals surface area contributed by atoms with Crippen molar-refractivity contribution in [2.75, 3.05) is 11.1 Å². The predicted octanol–water partition coefficient (Wildman–Crippen LogP) is 2.40. The average molecular weight is 271 g/mol. The molecule has 0 aliphatic heterocycles. The van der Waals surface area contributed by atoms with Gasteiger partial charge in [-0.25, -0.2) is 4.98 Å². The van der Waals surface area contributed by atoms with Crippen LogP contribution in [0.4, 0.5) is 17.2 Å². The molecule has 2 aromatic rings. The van der Waals surface area contributed by atoms with Crippen LogP contribution in [0.25, 0.3) is 0 Å². The fraction of sp³-hybridized carbons (Fsp3) is 0. The monoisotopic (exact) mass is 270 g/mol. The maximum absolute atomic E-state index is 11.3. The van der Waals surface area contributed by atoms with E-state index in [-0.39, 0.29) is 11.5 Å². The fourth-order valence-corrected chi connectivity index (χ4v) is 1.59. The Kier molecular flexibility index (Phi) is 3.21. The molecule has 17 heavy (non-hydrogen) atoms. The summed E-state index contributed by atoms with van der Waals surface area (Å²) >= 11 is 11.8. The largest absolute Gasteiger partial charge is 0.391 e. The lowest BCUT2D eigenvalue weighted by Gasteiger charge is -2.09. The Morgan fingerprint density at radius 3 is 2.88 bits per heavy atom. The lowest BCUT2D eigenvalue weighted by atomic mass is 10.3. The SMILES string of the molecule is Nc1c(Nc2cccc(Cl)c2Cl)nc[nH]c1=O. The Balaban J connectivity index is 2.42. The quantitative estimate of drug-likeness (QED) is 0.783. The summed E-state index contributed by atoms with van der Waals surface area (Å²) in [5, 5.41) is 3.60. The van der Waals surface area contributed by atoms with Crippen LogP contribution in [0.3, 0.4) is 0 Å². The van der Waals surface area contributed by atoms with E-state index in [9.17, 15) is 4.79 Å². The van der Waals surface area contributed by atoms with Gasteiger partial charge in [-0.3, -0.25) is 4.79 Å². The van der Waals surface area contributed by atoms with Crippen molar-refractivity contribution in [1.82, 2.24) is 9.97 Å². The first-order chi connectivity index (χ1) is 8.09. The van der Waals surface area contributed by atoms with Crippen molar-refractivity contribution in [3.63, 3.8) is 0 Å². The average Bonchev–Trinajstić information content (AvgIpc) is 2.31. The van der Waals surface area contributed by atoms with Crippen molar-refractivity contribution >= 4 is 40.4 Å². The third kappa shape index (κ3) is 2.35. The minimum absolute atomic E-state index is 0.0106. The van der Waals surface area contributed by atoms with E-state index in [0.717, 1.165) is 0 Å². The van der Waals surface area contributed by atoms with Gasteiger partial charge in [0.15, 0.2) is 5.82 Å². The van der Waals surface area contributed by atoms with Crippen LogP contribution < -0.4 is 16.6 Å². The second-order valence-corrected chi connectivity index (χ2v) is 4.01. The summed E-state index contributed by atoms with van der Waals surface area (Å²) in [6.07, 6.45) is 1.25. The molecule has 0 radical (unpaired) electrons. The lowest BCUT2D eigenvalue weighted by molar-refractivity contribution is 1.13. The molecule has 0 saturated carbocycles. The Morgan fingerprint density at radius 1 is 1.35 bits per heavy atom. The number of H-pyrrole nitrogens is 1.